The quantitative estimate of drug-likeness (QED) is 0.522. The molecule has 8 heteroatoms. The Morgan fingerprint density at radius 3 is 2.73 bits per heavy atom. The van der Waals surface area contributed by atoms with E-state index in [1.54, 1.807) is 23.9 Å². The van der Waals surface area contributed by atoms with Gasteiger partial charge in [0.05, 0.1) is 5.69 Å². The number of hydrogen-bond acceptors (Lipinski definition) is 6. The highest BCUT2D eigenvalue weighted by Crippen LogP contribution is 2.28. The van der Waals surface area contributed by atoms with E-state index in [2.05, 4.69) is 20.1 Å². The topological polar surface area (TPSA) is 81.2 Å². The Morgan fingerprint density at radius 1 is 1.10 bits per heavy atom. The van der Waals surface area contributed by atoms with Crippen LogP contribution in [0.1, 0.15) is 30.1 Å². The van der Waals surface area contributed by atoms with Crippen molar-refractivity contribution in [3.8, 4) is 11.3 Å². The van der Waals surface area contributed by atoms with Crippen molar-refractivity contribution >= 4 is 5.65 Å². The van der Waals surface area contributed by atoms with E-state index in [-0.39, 0.29) is 5.56 Å². The Labute approximate surface area is 173 Å². The Bertz CT molecular complexity index is 1220. The van der Waals surface area contributed by atoms with Gasteiger partial charge in [0, 0.05) is 49.7 Å². The SMILES string of the molecule is Cn1ccc(CN2CCC(c3nnc4ccc(-c5cccnc5)nn34)CC2)cc1=O. The lowest BCUT2D eigenvalue weighted by molar-refractivity contribution is 0.200. The maximum atomic E-state index is 11.9. The van der Waals surface area contributed by atoms with E-state index in [9.17, 15) is 4.79 Å². The van der Waals surface area contributed by atoms with Crippen molar-refractivity contribution in [2.24, 2.45) is 7.05 Å². The van der Waals surface area contributed by atoms with Gasteiger partial charge in [-0.3, -0.25) is 14.7 Å². The second-order valence-electron chi connectivity index (χ2n) is 7.82. The predicted octanol–water partition coefficient (Wildman–Crippen LogP) is 2.26. The summed E-state index contributed by atoms with van der Waals surface area (Å²) in [6.45, 7) is 2.71. The molecular weight excluding hydrogens is 378 g/mol. The van der Waals surface area contributed by atoms with Crippen LogP contribution in [-0.2, 0) is 13.6 Å². The summed E-state index contributed by atoms with van der Waals surface area (Å²) >= 11 is 0. The van der Waals surface area contributed by atoms with Gasteiger partial charge in [-0.15, -0.1) is 10.2 Å². The monoisotopic (exact) mass is 401 g/mol. The van der Waals surface area contributed by atoms with Crippen molar-refractivity contribution in [3.63, 3.8) is 0 Å². The number of likely N-dealkylation sites (tertiary alicyclic amines) is 1. The van der Waals surface area contributed by atoms with Gasteiger partial charge in [-0.25, -0.2) is 0 Å². The van der Waals surface area contributed by atoms with Crippen LogP contribution in [0.5, 0.6) is 0 Å². The summed E-state index contributed by atoms with van der Waals surface area (Å²) in [6, 6.07) is 11.6. The van der Waals surface area contributed by atoms with Crippen LogP contribution < -0.4 is 5.56 Å². The lowest BCUT2D eigenvalue weighted by Gasteiger charge is -2.31. The minimum atomic E-state index is 0.0350. The number of fused-ring (bicyclic) bond motifs is 1. The number of aromatic nitrogens is 6. The second kappa shape index (κ2) is 7.79. The first-order valence-corrected chi connectivity index (χ1v) is 10.2. The van der Waals surface area contributed by atoms with Crippen molar-refractivity contribution in [3.05, 3.63) is 76.7 Å². The summed E-state index contributed by atoms with van der Waals surface area (Å²) < 4.78 is 3.47. The van der Waals surface area contributed by atoms with Gasteiger partial charge in [0.15, 0.2) is 11.5 Å². The van der Waals surface area contributed by atoms with Crippen molar-refractivity contribution in [2.75, 3.05) is 13.1 Å². The van der Waals surface area contributed by atoms with E-state index in [1.165, 1.54) is 0 Å². The first-order valence-electron chi connectivity index (χ1n) is 10.2. The number of nitrogens with zero attached hydrogens (tertiary/aromatic N) is 7. The molecule has 0 N–H and O–H groups in total. The minimum Gasteiger partial charge on any atom is -0.319 e. The normalized spacial score (nSPS) is 15.6. The van der Waals surface area contributed by atoms with E-state index in [4.69, 9.17) is 5.10 Å². The van der Waals surface area contributed by atoms with E-state index in [1.807, 2.05) is 47.2 Å². The molecule has 0 spiro atoms. The highest BCUT2D eigenvalue weighted by atomic mass is 16.1. The summed E-state index contributed by atoms with van der Waals surface area (Å²) in [7, 11) is 1.77. The number of piperidine rings is 1. The molecule has 30 heavy (non-hydrogen) atoms. The zero-order valence-corrected chi connectivity index (χ0v) is 16.8. The zero-order valence-electron chi connectivity index (χ0n) is 16.8. The van der Waals surface area contributed by atoms with Crippen LogP contribution in [0.25, 0.3) is 16.9 Å². The summed E-state index contributed by atoms with van der Waals surface area (Å²) in [6.07, 6.45) is 7.38. The summed E-state index contributed by atoms with van der Waals surface area (Å²) in [5.74, 6) is 1.24. The average molecular weight is 401 g/mol. The molecule has 0 unspecified atom stereocenters. The molecule has 8 nitrogen and oxygen atoms in total. The van der Waals surface area contributed by atoms with Crippen LogP contribution in [0.2, 0.25) is 0 Å². The zero-order chi connectivity index (χ0) is 20.5. The van der Waals surface area contributed by atoms with Crippen molar-refractivity contribution in [1.82, 2.24) is 34.3 Å². The maximum Gasteiger partial charge on any atom is 0.250 e. The minimum absolute atomic E-state index is 0.0350. The molecular formula is C22H23N7O. The smallest absolute Gasteiger partial charge is 0.250 e. The van der Waals surface area contributed by atoms with Crippen LogP contribution in [0.4, 0.5) is 0 Å². The number of hydrogen-bond donors (Lipinski definition) is 0. The highest BCUT2D eigenvalue weighted by Gasteiger charge is 2.25. The van der Waals surface area contributed by atoms with E-state index >= 15 is 0 Å². The van der Waals surface area contributed by atoms with E-state index in [0.717, 1.165) is 60.8 Å². The molecule has 1 aliphatic rings. The highest BCUT2D eigenvalue weighted by molar-refractivity contribution is 5.58. The van der Waals surface area contributed by atoms with Crippen LogP contribution >= 0.6 is 0 Å². The predicted molar refractivity (Wildman–Crippen MR) is 113 cm³/mol. The fourth-order valence-corrected chi connectivity index (χ4v) is 4.02. The maximum absolute atomic E-state index is 11.9. The van der Waals surface area contributed by atoms with Crippen LogP contribution in [0.15, 0.2) is 59.8 Å². The molecule has 5 heterocycles. The Hall–Kier alpha value is -3.39. The molecule has 152 valence electrons. The average Bonchev–Trinajstić information content (AvgIpc) is 3.21. The molecule has 5 rings (SSSR count). The van der Waals surface area contributed by atoms with Gasteiger partial charge in [-0.1, -0.05) is 0 Å². The van der Waals surface area contributed by atoms with Gasteiger partial charge >= 0.3 is 0 Å². The molecule has 0 amide bonds. The number of aryl methyl sites for hydroxylation is 1. The first-order chi connectivity index (χ1) is 14.7. The lowest BCUT2D eigenvalue weighted by atomic mass is 9.96. The molecule has 1 aliphatic heterocycles. The first kappa shape index (κ1) is 18.6. The molecule has 4 aromatic rings. The van der Waals surface area contributed by atoms with Crippen LogP contribution in [0, 0.1) is 0 Å². The molecule has 0 radical (unpaired) electrons. The van der Waals surface area contributed by atoms with Gasteiger partial charge in [0.2, 0.25) is 0 Å². The van der Waals surface area contributed by atoms with Gasteiger partial charge in [0.25, 0.3) is 5.56 Å². The van der Waals surface area contributed by atoms with Gasteiger partial charge < -0.3 is 4.57 Å². The molecule has 1 saturated heterocycles. The number of pyridine rings is 2. The molecule has 1 fully saturated rings. The van der Waals surface area contributed by atoms with Crippen molar-refractivity contribution in [1.29, 1.82) is 0 Å². The molecule has 0 bridgehead atoms. The third-order valence-corrected chi connectivity index (χ3v) is 5.77. The summed E-state index contributed by atoms with van der Waals surface area (Å²) in [4.78, 5) is 18.4. The second-order valence-corrected chi connectivity index (χ2v) is 7.82. The molecule has 0 aliphatic carbocycles. The third-order valence-electron chi connectivity index (χ3n) is 5.77. The molecule has 0 atom stereocenters. The summed E-state index contributed by atoms with van der Waals surface area (Å²) in [5.41, 5.74) is 3.70. The Morgan fingerprint density at radius 2 is 1.97 bits per heavy atom. The van der Waals surface area contributed by atoms with Gasteiger partial charge in [0.1, 0.15) is 0 Å². The lowest BCUT2D eigenvalue weighted by Crippen LogP contribution is -2.33. The van der Waals surface area contributed by atoms with Gasteiger partial charge in [-0.2, -0.15) is 9.61 Å². The van der Waals surface area contributed by atoms with Crippen LogP contribution in [-0.4, -0.2) is 47.4 Å². The Balaban J connectivity index is 1.32. The largest absolute Gasteiger partial charge is 0.319 e. The summed E-state index contributed by atoms with van der Waals surface area (Å²) in [5, 5.41) is 13.6. The Kier molecular flexibility index (Phi) is 4.84. The third kappa shape index (κ3) is 3.61. The fourth-order valence-electron chi connectivity index (χ4n) is 4.02. The molecule has 0 saturated carbocycles. The van der Waals surface area contributed by atoms with Crippen molar-refractivity contribution < 1.29 is 0 Å². The molecule has 0 aromatic carbocycles. The van der Waals surface area contributed by atoms with Crippen molar-refractivity contribution in [2.45, 2.75) is 25.3 Å². The van der Waals surface area contributed by atoms with Gasteiger partial charge in [-0.05, 0) is 61.8 Å². The van der Waals surface area contributed by atoms with E-state index < -0.39 is 0 Å². The molecule has 4 aromatic heterocycles. The van der Waals surface area contributed by atoms with Crippen LogP contribution in [0.3, 0.4) is 0 Å². The fraction of sp³-hybridized carbons (Fsp3) is 0.318. The number of rotatable bonds is 4. The van der Waals surface area contributed by atoms with E-state index in [0.29, 0.717) is 5.92 Å². The standard InChI is InChI=1S/C22H23N7O/c1-27-10-6-16(13-21(27)30)15-28-11-7-17(8-12-28)22-25-24-20-5-4-19(26-29(20)22)18-3-2-9-23-14-18/h2-6,9-10,13-14,17H,7-8,11-12,15H2,1H3.